The van der Waals surface area contributed by atoms with E-state index in [1.807, 2.05) is 6.92 Å². The van der Waals surface area contributed by atoms with Gasteiger partial charge in [-0.15, -0.1) is 0 Å². The normalized spacial score (nSPS) is 11.5. The minimum atomic E-state index is -3.93. The Morgan fingerprint density at radius 2 is 1.76 bits per heavy atom. The van der Waals surface area contributed by atoms with Gasteiger partial charge in [0.1, 0.15) is 4.90 Å². The molecule has 0 radical (unpaired) electrons. The fourth-order valence-electron chi connectivity index (χ4n) is 3.29. The fourth-order valence-corrected chi connectivity index (χ4v) is 4.67. The molecule has 33 heavy (non-hydrogen) atoms. The van der Waals surface area contributed by atoms with E-state index in [1.54, 1.807) is 42.5 Å². The van der Waals surface area contributed by atoms with Crippen LogP contribution < -0.4 is 4.74 Å². The van der Waals surface area contributed by atoms with Crippen LogP contribution in [0.1, 0.15) is 30.0 Å². The summed E-state index contributed by atoms with van der Waals surface area (Å²) in [5.41, 5.74) is 1.80. The van der Waals surface area contributed by atoms with E-state index in [9.17, 15) is 18.3 Å². The number of aromatic hydroxyl groups is 1. The Morgan fingerprint density at radius 3 is 2.39 bits per heavy atom. The van der Waals surface area contributed by atoms with E-state index in [4.69, 9.17) is 9.84 Å². The number of rotatable bonds is 11. The highest BCUT2D eigenvalue weighted by Crippen LogP contribution is 2.29. The zero-order valence-corrected chi connectivity index (χ0v) is 19.0. The molecule has 3 aromatic rings. The van der Waals surface area contributed by atoms with E-state index in [0.29, 0.717) is 29.0 Å². The second-order valence-corrected chi connectivity index (χ2v) is 9.44. The molecule has 9 heteroatoms. The summed E-state index contributed by atoms with van der Waals surface area (Å²) in [6.07, 6.45) is 3.41. The molecule has 2 N–H and O–H groups in total. The van der Waals surface area contributed by atoms with Crippen molar-refractivity contribution in [2.45, 2.75) is 37.8 Å². The number of nitrogens with zero attached hydrogens (tertiary/aromatic N) is 2. The number of aliphatic carboxylic acids is 1. The molecular weight excluding hydrogens is 444 g/mol. The summed E-state index contributed by atoms with van der Waals surface area (Å²) in [5.74, 6) is -0.695. The maximum Gasteiger partial charge on any atom is 0.307 e. The first-order chi connectivity index (χ1) is 15.8. The SMILES string of the molecule is CCCOc1ccc(CN(Cc2cccc(CC(=O)O)c2)S(=O)(=O)c2cccnc2)cc1O. The molecule has 0 aliphatic carbocycles. The number of hydrogen-bond acceptors (Lipinski definition) is 6. The number of pyridine rings is 1. The van der Waals surface area contributed by atoms with Crippen LogP contribution in [0.2, 0.25) is 0 Å². The summed E-state index contributed by atoms with van der Waals surface area (Å²) >= 11 is 0. The van der Waals surface area contributed by atoms with Crippen molar-refractivity contribution in [2.75, 3.05) is 6.61 Å². The average Bonchev–Trinajstić information content (AvgIpc) is 2.78. The topological polar surface area (TPSA) is 117 Å². The van der Waals surface area contributed by atoms with Crippen molar-refractivity contribution in [3.05, 3.63) is 83.7 Å². The number of carboxylic acids is 1. The molecule has 0 fully saturated rings. The molecule has 0 saturated heterocycles. The molecule has 2 aromatic carbocycles. The number of phenolic OH excluding ortho intramolecular Hbond substituents is 1. The Kier molecular flexibility index (Phi) is 8.02. The number of aromatic nitrogens is 1. The van der Waals surface area contributed by atoms with Crippen molar-refractivity contribution in [3.63, 3.8) is 0 Å². The van der Waals surface area contributed by atoms with Crippen LogP contribution in [0.15, 0.2) is 71.9 Å². The number of ether oxygens (including phenoxy) is 1. The third kappa shape index (κ3) is 6.53. The van der Waals surface area contributed by atoms with E-state index in [1.165, 1.54) is 28.8 Å². The third-order valence-corrected chi connectivity index (χ3v) is 6.60. The van der Waals surface area contributed by atoms with Gasteiger partial charge in [-0.05, 0) is 47.4 Å². The highest BCUT2D eigenvalue weighted by atomic mass is 32.2. The Hall–Kier alpha value is -3.43. The maximum absolute atomic E-state index is 13.4. The molecule has 0 amide bonds. The summed E-state index contributed by atoms with van der Waals surface area (Å²) in [6.45, 7) is 2.42. The number of hydrogen-bond donors (Lipinski definition) is 2. The molecule has 0 aliphatic rings. The zero-order valence-electron chi connectivity index (χ0n) is 18.2. The van der Waals surface area contributed by atoms with Crippen LogP contribution in [0.5, 0.6) is 11.5 Å². The molecule has 8 nitrogen and oxygen atoms in total. The minimum Gasteiger partial charge on any atom is -0.504 e. The molecule has 0 aliphatic heterocycles. The monoisotopic (exact) mass is 470 g/mol. The van der Waals surface area contributed by atoms with Crippen molar-refractivity contribution < 1.29 is 28.2 Å². The van der Waals surface area contributed by atoms with Crippen molar-refractivity contribution in [1.29, 1.82) is 0 Å². The summed E-state index contributed by atoms with van der Waals surface area (Å²) in [6, 6.07) is 14.6. The molecule has 0 atom stereocenters. The number of benzene rings is 2. The standard InChI is InChI=1S/C24H26N2O6S/c1-2-11-32-23-9-8-20(13-22(23)27)17-26(33(30,31)21-7-4-10-25-15-21)16-19-6-3-5-18(12-19)14-24(28)29/h3-10,12-13,15,27H,2,11,14,16-17H2,1H3,(H,28,29). The molecule has 0 unspecified atom stereocenters. The lowest BCUT2D eigenvalue weighted by molar-refractivity contribution is -0.136. The molecule has 1 heterocycles. The van der Waals surface area contributed by atoms with Crippen LogP contribution >= 0.6 is 0 Å². The predicted octanol–water partition coefficient (Wildman–Crippen LogP) is 3.59. The van der Waals surface area contributed by atoms with Gasteiger partial charge < -0.3 is 14.9 Å². The first-order valence-corrected chi connectivity index (χ1v) is 11.9. The average molecular weight is 471 g/mol. The summed E-state index contributed by atoms with van der Waals surface area (Å²) in [5, 5.41) is 19.4. The van der Waals surface area contributed by atoms with Crippen molar-refractivity contribution in [3.8, 4) is 11.5 Å². The lowest BCUT2D eigenvalue weighted by Gasteiger charge is -2.23. The first-order valence-electron chi connectivity index (χ1n) is 10.4. The summed E-state index contributed by atoms with van der Waals surface area (Å²) in [7, 11) is -3.93. The van der Waals surface area contributed by atoms with Gasteiger partial charge in [-0.3, -0.25) is 9.78 Å². The van der Waals surface area contributed by atoms with Gasteiger partial charge in [-0.2, -0.15) is 4.31 Å². The lowest BCUT2D eigenvalue weighted by atomic mass is 10.1. The predicted molar refractivity (Wildman–Crippen MR) is 122 cm³/mol. The van der Waals surface area contributed by atoms with Gasteiger partial charge in [0.05, 0.1) is 13.0 Å². The highest BCUT2D eigenvalue weighted by Gasteiger charge is 2.25. The molecule has 174 valence electrons. The lowest BCUT2D eigenvalue weighted by Crippen LogP contribution is -2.30. The maximum atomic E-state index is 13.4. The third-order valence-electron chi connectivity index (χ3n) is 4.82. The van der Waals surface area contributed by atoms with Gasteiger partial charge in [0.15, 0.2) is 11.5 Å². The van der Waals surface area contributed by atoms with E-state index in [2.05, 4.69) is 4.98 Å². The summed E-state index contributed by atoms with van der Waals surface area (Å²) < 4.78 is 33.6. The molecular formula is C24H26N2O6S. The second-order valence-electron chi connectivity index (χ2n) is 7.50. The van der Waals surface area contributed by atoms with Crippen LogP contribution in [-0.4, -0.2) is 40.5 Å². The van der Waals surface area contributed by atoms with Gasteiger partial charge in [0.2, 0.25) is 10.0 Å². The largest absolute Gasteiger partial charge is 0.504 e. The fraction of sp³-hybridized carbons (Fsp3) is 0.250. The smallest absolute Gasteiger partial charge is 0.307 e. The van der Waals surface area contributed by atoms with Gasteiger partial charge in [0.25, 0.3) is 0 Å². The van der Waals surface area contributed by atoms with E-state index < -0.39 is 16.0 Å². The molecule has 0 saturated carbocycles. The minimum absolute atomic E-state index is 0.0119. The van der Waals surface area contributed by atoms with Crippen molar-refractivity contribution in [2.24, 2.45) is 0 Å². The Morgan fingerprint density at radius 1 is 1.03 bits per heavy atom. The van der Waals surface area contributed by atoms with Crippen LogP contribution in [-0.2, 0) is 34.3 Å². The van der Waals surface area contributed by atoms with Gasteiger partial charge in [-0.1, -0.05) is 37.3 Å². The first kappa shape index (κ1) is 24.2. The van der Waals surface area contributed by atoms with Gasteiger partial charge in [0, 0.05) is 25.5 Å². The van der Waals surface area contributed by atoms with Gasteiger partial charge in [-0.25, -0.2) is 8.42 Å². The second kappa shape index (κ2) is 10.9. The highest BCUT2D eigenvalue weighted by molar-refractivity contribution is 7.89. The number of carbonyl (C=O) groups is 1. The Bertz CT molecular complexity index is 1200. The van der Waals surface area contributed by atoms with Crippen LogP contribution in [0, 0.1) is 0 Å². The number of sulfonamides is 1. The molecule has 3 rings (SSSR count). The number of carboxylic acid groups (broad SMARTS) is 1. The summed E-state index contributed by atoms with van der Waals surface area (Å²) in [4.78, 5) is 15.0. The zero-order chi connectivity index (χ0) is 23.8. The Labute approximate surface area is 193 Å². The van der Waals surface area contributed by atoms with Crippen LogP contribution in [0.4, 0.5) is 0 Å². The molecule has 0 spiro atoms. The molecule has 0 bridgehead atoms. The van der Waals surface area contributed by atoms with E-state index in [0.717, 1.165) is 6.42 Å². The molecule has 1 aromatic heterocycles. The van der Waals surface area contributed by atoms with Crippen molar-refractivity contribution >= 4 is 16.0 Å². The van der Waals surface area contributed by atoms with E-state index in [-0.39, 0.29) is 30.2 Å². The van der Waals surface area contributed by atoms with Crippen LogP contribution in [0.25, 0.3) is 0 Å². The van der Waals surface area contributed by atoms with Gasteiger partial charge >= 0.3 is 5.97 Å². The van der Waals surface area contributed by atoms with Crippen molar-refractivity contribution in [1.82, 2.24) is 9.29 Å². The van der Waals surface area contributed by atoms with E-state index >= 15 is 0 Å². The Balaban J connectivity index is 1.93. The van der Waals surface area contributed by atoms with Crippen LogP contribution in [0.3, 0.4) is 0 Å². The number of phenols is 1. The quantitative estimate of drug-likeness (QED) is 0.440.